The zero-order valence-corrected chi connectivity index (χ0v) is 14.6. The van der Waals surface area contributed by atoms with Crippen LogP contribution in [0.4, 0.5) is 11.8 Å². The molecule has 2 aromatic carbocycles. The van der Waals surface area contributed by atoms with Crippen molar-refractivity contribution in [3.8, 4) is 0 Å². The molecule has 4 heteroatoms. The summed E-state index contributed by atoms with van der Waals surface area (Å²) in [5.74, 6) is 1.50. The van der Waals surface area contributed by atoms with Crippen LogP contribution in [0.5, 0.6) is 0 Å². The summed E-state index contributed by atoms with van der Waals surface area (Å²) in [6.07, 6.45) is 3.92. The van der Waals surface area contributed by atoms with Gasteiger partial charge in [0.05, 0.1) is 0 Å². The highest BCUT2D eigenvalue weighted by molar-refractivity contribution is 5.40. The van der Waals surface area contributed by atoms with E-state index in [1.54, 1.807) is 6.20 Å². The second-order valence-electron chi connectivity index (χ2n) is 6.12. The third-order valence-electron chi connectivity index (χ3n) is 4.02. The second kappa shape index (κ2) is 8.83. The largest absolute Gasteiger partial charge is 0.370 e. The first-order valence-corrected chi connectivity index (χ1v) is 8.70. The molecule has 0 radical (unpaired) electrons. The number of aromatic nitrogens is 2. The fourth-order valence-electron chi connectivity index (χ4n) is 2.58. The van der Waals surface area contributed by atoms with Crippen molar-refractivity contribution in [3.63, 3.8) is 0 Å². The summed E-state index contributed by atoms with van der Waals surface area (Å²) >= 11 is 0. The molecule has 2 N–H and O–H groups in total. The molecule has 3 aromatic rings. The Morgan fingerprint density at radius 1 is 0.840 bits per heavy atom. The molecular formula is C21H24N4. The molecule has 1 heterocycles. The van der Waals surface area contributed by atoms with Crippen LogP contribution in [-0.4, -0.2) is 16.5 Å². The van der Waals surface area contributed by atoms with Crippen molar-refractivity contribution in [1.82, 2.24) is 9.97 Å². The molecular weight excluding hydrogens is 308 g/mol. The molecule has 0 spiro atoms. The lowest BCUT2D eigenvalue weighted by Crippen LogP contribution is -2.08. The maximum Gasteiger partial charge on any atom is 0.224 e. The molecule has 0 bridgehead atoms. The van der Waals surface area contributed by atoms with Crippen molar-refractivity contribution in [2.24, 2.45) is 0 Å². The fourth-order valence-corrected chi connectivity index (χ4v) is 2.58. The Kier molecular flexibility index (Phi) is 5.99. The molecule has 4 nitrogen and oxygen atoms in total. The lowest BCUT2D eigenvalue weighted by Gasteiger charge is -2.09. The van der Waals surface area contributed by atoms with Crippen molar-refractivity contribution >= 4 is 11.8 Å². The van der Waals surface area contributed by atoms with Gasteiger partial charge in [0.1, 0.15) is 5.82 Å². The molecule has 128 valence electrons. The fraction of sp³-hybridized carbons (Fsp3) is 0.238. The second-order valence-corrected chi connectivity index (χ2v) is 6.12. The number of rotatable bonds is 8. The summed E-state index contributed by atoms with van der Waals surface area (Å²) in [4.78, 5) is 8.80. The molecule has 0 fully saturated rings. The third-order valence-corrected chi connectivity index (χ3v) is 4.02. The van der Waals surface area contributed by atoms with Gasteiger partial charge in [0, 0.05) is 19.3 Å². The zero-order chi connectivity index (χ0) is 17.3. The first kappa shape index (κ1) is 17.0. The molecule has 0 aliphatic heterocycles. The van der Waals surface area contributed by atoms with Gasteiger partial charge in [-0.05, 0) is 37.0 Å². The highest BCUT2D eigenvalue weighted by Crippen LogP contribution is 2.09. The Bertz CT molecular complexity index is 769. The zero-order valence-electron chi connectivity index (χ0n) is 14.6. The van der Waals surface area contributed by atoms with Crippen LogP contribution in [0, 0.1) is 6.92 Å². The maximum atomic E-state index is 4.52. The van der Waals surface area contributed by atoms with E-state index >= 15 is 0 Å². The Morgan fingerprint density at radius 3 is 2.44 bits per heavy atom. The Morgan fingerprint density at radius 2 is 1.64 bits per heavy atom. The summed E-state index contributed by atoms with van der Waals surface area (Å²) in [6, 6.07) is 20.9. The highest BCUT2D eigenvalue weighted by atomic mass is 15.1. The SMILES string of the molecule is Cc1ccc(CNc2nccc(NCCCc3ccccc3)n2)cc1. The summed E-state index contributed by atoms with van der Waals surface area (Å²) < 4.78 is 0. The Labute approximate surface area is 149 Å². The van der Waals surface area contributed by atoms with E-state index in [1.165, 1.54) is 16.7 Å². The first-order valence-electron chi connectivity index (χ1n) is 8.70. The molecule has 0 saturated heterocycles. The van der Waals surface area contributed by atoms with Crippen LogP contribution in [0.15, 0.2) is 66.9 Å². The van der Waals surface area contributed by atoms with Gasteiger partial charge in [0.15, 0.2) is 0 Å². The van der Waals surface area contributed by atoms with Gasteiger partial charge >= 0.3 is 0 Å². The van der Waals surface area contributed by atoms with Crippen LogP contribution in [0.2, 0.25) is 0 Å². The van der Waals surface area contributed by atoms with Gasteiger partial charge in [-0.15, -0.1) is 0 Å². The monoisotopic (exact) mass is 332 g/mol. The van der Waals surface area contributed by atoms with Crippen molar-refractivity contribution in [2.75, 3.05) is 17.2 Å². The minimum atomic E-state index is 0.647. The van der Waals surface area contributed by atoms with Gasteiger partial charge in [0.25, 0.3) is 0 Å². The van der Waals surface area contributed by atoms with Gasteiger partial charge in [-0.1, -0.05) is 60.2 Å². The number of hydrogen-bond donors (Lipinski definition) is 2. The lowest BCUT2D eigenvalue weighted by atomic mass is 10.1. The van der Waals surface area contributed by atoms with E-state index in [-0.39, 0.29) is 0 Å². The Balaban J connectivity index is 1.45. The standard InChI is InChI=1S/C21H24N4/c1-17-9-11-19(12-10-17)16-24-21-23-15-13-20(25-21)22-14-5-8-18-6-3-2-4-7-18/h2-4,6-7,9-13,15H,5,8,14,16H2,1H3,(H2,22,23,24,25). The van der Waals surface area contributed by atoms with E-state index in [4.69, 9.17) is 0 Å². The predicted molar refractivity (Wildman–Crippen MR) is 104 cm³/mol. The minimum Gasteiger partial charge on any atom is -0.370 e. The highest BCUT2D eigenvalue weighted by Gasteiger charge is 2.00. The summed E-state index contributed by atoms with van der Waals surface area (Å²) in [5, 5.41) is 6.64. The van der Waals surface area contributed by atoms with E-state index in [0.29, 0.717) is 5.95 Å². The van der Waals surface area contributed by atoms with Crippen molar-refractivity contribution < 1.29 is 0 Å². The van der Waals surface area contributed by atoms with E-state index in [0.717, 1.165) is 31.7 Å². The number of nitrogens with zero attached hydrogens (tertiary/aromatic N) is 2. The van der Waals surface area contributed by atoms with Crippen LogP contribution in [0.25, 0.3) is 0 Å². The van der Waals surface area contributed by atoms with E-state index < -0.39 is 0 Å². The van der Waals surface area contributed by atoms with Crippen LogP contribution in [0.1, 0.15) is 23.1 Å². The molecule has 0 unspecified atom stereocenters. The summed E-state index contributed by atoms with van der Waals surface area (Å²) in [5.41, 5.74) is 3.85. The minimum absolute atomic E-state index is 0.647. The average molecular weight is 332 g/mol. The molecule has 0 saturated carbocycles. The summed E-state index contributed by atoms with van der Waals surface area (Å²) in [6.45, 7) is 3.70. The van der Waals surface area contributed by atoms with Crippen LogP contribution >= 0.6 is 0 Å². The van der Waals surface area contributed by atoms with Crippen molar-refractivity contribution in [1.29, 1.82) is 0 Å². The normalized spacial score (nSPS) is 10.4. The number of aryl methyl sites for hydroxylation is 2. The molecule has 0 atom stereocenters. The van der Waals surface area contributed by atoms with Crippen LogP contribution < -0.4 is 10.6 Å². The van der Waals surface area contributed by atoms with Crippen molar-refractivity contribution in [3.05, 3.63) is 83.6 Å². The molecule has 0 aliphatic rings. The van der Waals surface area contributed by atoms with Gasteiger partial charge in [-0.3, -0.25) is 0 Å². The van der Waals surface area contributed by atoms with Crippen LogP contribution in [-0.2, 0) is 13.0 Å². The predicted octanol–water partition coefficient (Wildman–Crippen LogP) is 4.44. The van der Waals surface area contributed by atoms with E-state index in [1.807, 2.05) is 12.1 Å². The summed E-state index contributed by atoms with van der Waals surface area (Å²) in [7, 11) is 0. The molecule has 3 rings (SSSR count). The number of benzene rings is 2. The molecule has 0 amide bonds. The van der Waals surface area contributed by atoms with E-state index in [9.17, 15) is 0 Å². The smallest absolute Gasteiger partial charge is 0.224 e. The molecule has 25 heavy (non-hydrogen) atoms. The van der Waals surface area contributed by atoms with Gasteiger partial charge < -0.3 is 10.6 Å². The van der Waals surface area contributed by atoms with Crippen molar-refractivity contribution in [2.45, 2.75) is 26.3 Å². The van der Waals surface area contributed by atoms with Gasteiger partial charge in [0.2, 0.25) is 5.95 Å². The lowest BCUT2D eigenvalue weighted by molar-refractivity contribution is 0.857. The first-order chi connectivity index (χ1) is 12.3. The van der Waals surface area contributed by atoms with Crippen LogP contribution in [0.3, 0.4) is 0 Å². The maximum absolute atomic E-state index is 4.52. The van der Waals surface area contributed by atoms with Gasteiger partial charge in [-0.25, -0.2) is 4.98 Å². The molecule has 1 aromatic heterocycles. The topological polar surface area (TPSA) is 49.8 Å². The quantitative estimate of drug-likeness (QED) is 0.599. The van der Waals surface area contributed by atoms with E-state index in [2.05, 4.69) is 76.1 Å². The number of hydrogen-bond acceptors (Lipinski definition) is 4. The Hall–Kier alpha value is -2.88. The number of nitrogens with one attached hydrogen (secondary N) is 2. The third kappa shape index (κ3) is 5.60. The molecule has 0 aliphatic carbocycles. The number of anilines is 2. The van der Waals surface area contributed by atoms with Gasteiger partial charge in [-0.2, -0.15) is 4.98 Å². The average Bonchev–Trinajstić information content (AvgIpc) is 2.66.